The van der Waals surface area contributed by atoms with E-state index in [-0.39, 0.29) is 6.09 Å². The van der Waals surface area contributed by atoms with E-state index >= 15 is 0 Å². The van der Waals surface area contributed by atoms with Gasteiger partial charge in [-0.05, 0) is 38.5 Å². The number of hydrogen-bond acceptors (Lipinski definition) is 4. The van der Waals surface area contributed by atoms with Crippen LogP contribution in [0.5, 0.6) is 0 Å². The fourth-order valence-electron chi connectivity index (χ4n) is 2.60. The van der Waals surface area contributed by atoms with Gasteiger partial charge in [0.15, 0.2) is 0 Å². The second kappa shape index (κ2) is 5.70. The smallest absolute Gasteiger partial charge is 0.410 e. The maximum atomic E-state index is 12.2. The Morgan fingerprint density at radius 2 is 1.96 bits per heavy atom. The van der Waals surface area contributed by atoms with Gasteiger partial charge in [-0.15, -0.1) is 0 Å². The molecule has 2 N–H and O–H groups in total. The minimum atomic E-state index is -0.490. The van der Waals surface area contributed by atoms with Crippen molar-refractivity contribution in [2.24, 2.45) is 5.73 Å². The molecule has 1 aromatic heterocycles. The van der Waals surface area contributed by atoms with Crippen LogP contribution in [-0.4, -0.2) is 26.4 Å². The Morgan fingerprint density at radius 1 is 1.26 bits per heavy atom. The lowest BCUT2D eigenvalue weighted by Gasteiger charge is -2.24. The van der Waals surface area contributed by atoms with E-state index in [0.717, 1.165) is 22.5 Å². The molecule has 0 fully saturated rings. The van der Waals surface area contributed by atoms with E-state index < -0.39 is 5.60 Å². The van der Waals surface area contributed by atoms with E-state index in [0.29, 0.717) is 19.6 Å². The molecule has 0 saturated carbocycles. The summed E-state index contributed by atoms with van der Waals surface area (Å²) < 4.78 is 7.32. The van der Waals surface area contributed by atoms with Gasteiger partial charge in [-0.25, -0.2) is 9.48 Å². The highest BCUT2D eigenvalue weighted by molar-refractivity contribution is 5.69. The van der Waals surface area contributed by atoms with Crippen LogP contribution in [0.3, 0.4) is 0 Å². The van der Waals surface area contributed by atoms with Gasteiger partial charge in [0.2, 0.25) is 0 Å². The Kier molecular flexibility index (Phi) is 3.85. The van der Waals surface area contributed by atoms with E-state index in [1.54, 1.807) is 4.90 Å². The zero-order chi connectivity index (χ0) is 16.6. The van der Waals surface area contributed by atoms with E-state index in [4.69, 9.17) is 10.5 Å². The summed E-state index contributed by atoms with van der Waals surface area (Å²) in [6.07, 6.45) is 1.52. The summed E-state index contributed by atoms with van der Waals surface area (Å²) in [5.41, 5.74) is 9.26. The van der Waals surface area contributed by atoms with Crippen LogP contribution < -0.4 is 5.73 Å². The molecule has 6 nitrogen and oxygen atoms in total. The predicted octanol–water partition coefficient (Wildman–Crippen LogP) is 2.58. The molecule has 122 valence electrons. The van der Waals surface area contributed by atoms with Crippen molar-refractivity contribution in [1.82, 2.24) is 14.7 Å². The minimum Gasteiger partial charge on any atom is -0.444 e. The van der Waals surface area contributed by atoms with Crippen molar-refractivity contribution in [2.45, 2.75) is 46.0 Å². The Balaban J connectivity index is 1.79. The molecule has 0 atom stereocenters. The van der Waals surface area contributed by atoms with Gasteiger partial charge in [0.05, 0.1) is 30.7 Å². The third kappa shape index (κ3) is 3.22. The number of ether oxygens (including phenoxy) is 1. The number of fused-ring (bicyclic) bond motifs is 1. The molecular weight excluding hydrogens is 292 g/mol. The number of hydrogen-bond donors (Lipinski definition) is 1. The third-order valence-corrected chi connectivity index (χ3v) is 3.73. The van der Waals surface area contributed by atoms with E-state index in [9.17, 15) is 4.79 Å². The van der Waals surface area contributed by atoms with Gasteiger partial charge in [-0.2, -0.15) is 5.10 Å². The van der Waals surface area contributed by atoms with Crippen LogP contribution in [0.15, 0.2) is 30.5 Å². The number of nitrogens with two attached hydrogens (primary N) is 1. The lowest BCUT2D eigenvalue weighted by molar-refractivity contribution is 0.0239. The molecule has 0 unspecified atom stereocenters. The summed E-state index contributed by atoms with van der Waals surface area (Å²) in [7, 11) is 0. The van der Waals surface area contributed by atoms with Gasteiger partial charge in [-0.1, -0.05) is 12.1 Å². The zero-order valence-electron chi connectivity index (χ0n) is 13.7. The molecule has 0 saturated heterocycles. The van der Waals surface area contributed by atoms with Crippen LogP contribution in [0.2, 0.25) is 0 Å². The first-order valence-electron chi connectivity index (χ1n) is 7.70. The molecule has 1 aliphatic heterocycles. The van der Waals surface area contributed by atoms with Crippen LogP contribution in [-0.2, 0) is 24.4 Å². The highest BCUT2D eigenvalue weighted by atomic mass is 16.6. The van der Waals surface area contributed by atoms with E-state index in [1.807, 2.05) is 55.9 Å². The average Bonchev–Trinajstić information content (AvgIpc) is 3.05. The van der Waals surface area contributed by atoms with Crippen LogP contribution in [0.1, 0.15) is 37.6 Å². The highest BCUT2D eigenvalue weighted by Crippen LogP contribution is 2.26. The van der Waals surface area contributed by atoms with Gasteiger partial charge in [0.25, 0.3) is 0 Å². The van der Waals surface area contributed by atoms with Crippen LogP contribution >= 0.6 is 0 Å². The molecule has 1 aliphatic rings. The number of rotatable bonds is 2. The fraction of sp³-hybridized carbons (Fsp3) is 0.412. The first-order valence-corrected chi connectivity index (χ1v) is 7.70. The molecule has 1 aromatic carbocycles. The third-order valence-electron chi connectivity index (χ3n) is 3.73. The number of benzene rings is 1. The summed E-state index contributed by atoms with van der Waals surface area (Å²) in [6, 6.07) is 7.96. The van der Waals surface area contributed by atoms with Crippen molar-refractivity contribution < 1.29 is 9.53 Å². The van der Waals surface area contributed by atoms with Crippen LogP contribution in [0.4, 0.5) is 4.79 Å². The maximum Gasteiger partial charge on any atom is 0.410 e. The second-order valence-corrected chi connectivity index (χ2v) is 6.74. The number of aromatic nitrogens is 2. The molecule has 0 spiro atoms. The molecule has 2 aromatic rings. The van der Waals surface area contributed by atoms with Crippen molar-refractivity contribution >= 4 is 6.09 Å². The summed E-state index contributed by atoms with van der Waals surface area (Å²) in [4.78, 5) is 13.9. The maximum absolute atomic E-state index is 12.2. The largest absolute Gasteiger partial charge is 0.444 e. The monoisotopic (exact) mass is 314 g/mol. The Morgan fingerprint density at radius 3 is 2.57 bits per heavy atom. The summed E-state index contributed by atoms with van der Waals surface area (Å²) >= 11 is 0. The number of carbonyl (C=O) groups is 1. The van der Waals surface area contributed by atoms with E-state index in [2.05, 4.69) is 5.10 Å². The predicted molar refractivity (Wildman–Crippen MR) is 86.9 cm³/mol. The molecule has 23 heavy (non-hydrogen) atoms. The minimum absolute atomic E-state index is 0.293. The SMILES string of the molecule is CC(C)(C)OC(=O)N1Cc2cnn(-c3ccc(CN)cc3)c2C1. The van der Waals surface area contributed by atoms with Crippen molar-refractivity contribution in [3.05, 3.63) is 47.3 Å². The van der Waals surface area contributed by atoms with Gasteiger partial charge >= 0.3 is 6.09 Å². The van der Waals surface area contributed by atoms with Crippen LogP contribution in [0, 0.1) is 0 Å². The van der Waals surface area contributed by atoms with Crippen LogP contribution in [0.25, 0.3) is 5.69 Å². The molecule has 0 radical (unpaired) electrons. The standard InChI is InChI=1S/C17H22N4O2/c1-17(2,3)23-16(22)20-10-13-9-19-21(15(13)11-20)14-6-4-12(8-18)5-7-14/h4-7,9H,8,10-11,18H2,1-3H3. The molecule has 6 heteroatoms. The molecule has 0 aliphatic carbocycles. The normalized spacial score (nSPS) is 14.0. The lowest BCUT2D eigenvalue weighted by atomic mass is 10.2. The molecule has 0 bridgehead atoms. The fourth-order valence-corrected chi connectivity index (χ4v) is 2.60. The highest BCUT2D eigenvalue weighted by Gasteiger charge is 2.30. The van der Waals surface area contributed by atoms with Gasteiger partial charge in [0.1, 0.15) is 5.60 Å². The zero-order valence-corrected chi connectivity index (χ0v) is 13.7. The molecule has 2 heterocycles. The van der Waals surface area contributed by atoms with Crippen molar-refractivity contribution in [3.63, 3.8) is 0 Å². The average molecular weight is 314 g/mol. The van der Waals surface area contributed by atoms with Crippen molar-refractivity contribution in [2.75, 3.05) is 0 Å². The van der Waals surface area contributed by atoms with Crippen molar-refractivity contribution in [1.29, 1.82) is 0 Å². The Bertz CT molecular complexity index is 713. The summed E-state index contributed by atoms with van der Waals surface area (Å²) in [6.45, 7) is 7.16. The summed E-state index contributed by atoms with van der Waals surface area (Å²) in [5, 5.41) is 4.44. The molecule has 3 rings (SSSR count). The second-order valence-electron chi connectivity index (χ2n) is 6.74. The molecular formula is C17H22N4O2. The van der Waals surface area contributed by atoms with E-state index in [1.165, 1.54) is 0 Å². The number of carbonyl (C=O) groups excluding carboxylic acids is 1. The van der Waals surface area contributed by atoms with Gasteiger partial charge < -0.3 is 10.5 Å². The first-order chi connectivity index (χ1) is 10.9. The number of amides is 1. The van der Waals surface area contributed by atoms with Crippen molar-refractivity contribution in [3.8, 4) is 5.69 Å². The Hall–Kier alpha value is -2.34. The first kappa shape index (κ1) is 15.6. The van der Waals surface area contributed by atoms with Gasteiger partial charge in [-0.3, -0.25) is 4.90 Å². The quantitative estimate of drug-likeness (QED) is 0.924. The number of nitrogens with zero attached hydrogens (tertiary/aromatic N) is 3. The molecule has 1 amide bonds. The summed E-state index contributed by atoms with van der Waals surface area (Å²) in [5.74, 6) is 0. The van der Waals surface area contributed by atoms with Gasteiger partial charge in [0, 0.05) is 12.1 Å². The Labute approximate surface area is 135 Å². The lowest BCUT2D eigenvalue weighted by Crippen LogP contribution is -2.33. The topological polar surface area (TPSA) is 73.4 Å².